The van der Waals surface area contributed by atoms with E-state index < -0.39 is 0 Å². The van der Waals surface area contributed by atoms with E-state index in [1.807, 2.05) is 11.3 Å². The lowest BCUT2D eigenvalue weighted by atomic mass is 9.95. The molecule has 1 atom stereocenters. The predicted molar refractivity (Wildman–Crippen MR) is 91.7 cm³/mol. The van der Waals surface area contributed by atoms with Crippen LogP contribution in [0.3, 0.4) is 0 Å². The van der Waals surface area contributed by atoms with Crippen molar-refractivity contribution < 1.29 is 0 Å². The van der Waals surface area contributed by atoms with Crippen molar-refractivity contribution in [3.63, 3.8) is 0 Å². The van der Waals surface area contributed by atoms with Crippen molar-refractivity contribution in [3.8, 4) is 0 Å². The first-order valence-electron chi connectivity index (χ1n) is 8.15. The van der Waals surface area contributed by atoms with Crippen LogP contribution >= 0.6 is 23.1 Å². The van der Waals surface area contributed by atoms with Crippen molar-refractivity contribution in [2.24, 2.45) is 5.92 Å². The van der Waals surface area contributed by atoms with E-state index >= 15 is 0 Å². The van der Waals surface area contributed by atoms with E-state index in [0.717, 1.165) is 5.92 Å². The van der Waals surface area contributed by atoms with Gasteiger partial charge in [0.05, 0.1) is 0 Å². The van der Waals surface area contributed by atoms with Crippen molar-refractivity contribution >= 4 is 23.1 Å². The zero-order chi connectivity index (χ0) is 13.8. The second-order valence-corrected chi connectivity index (χ2v) is 8.77. The molecule has 0 spiro atoms. The molecule has 1 aromatic rings. The van der Waals surface area contributed by atoms with E-state index in [-0.39, 0.29) is 0 Å². The fraction of sp³-hybridized carbons (Fsp3) is 0.765. The Morgan fingerprint density at radius 1 is 1.30 bits per heavy atom. The van der Waals surface area contributed by atoms with Crippen LogP contribution in [0.4, 0.5) is 0 Å². The van der Waals surface area contributed by atoms with Crippen LogP contribution in [0.25, 0.3) is 0 Å². The number of nitrogens with one attached hydrogen (secondary N) is 1. The maximum absolute atomic E-state index is 3.99. The summed E-state index contributed by atoms with van der Waals surface area (Å²) in [7, 11) is 0. The van der Waals surface area contributed by atoms with Crippen molar-refractivity contribution in [3.05, 3.63) is 22.4 Å². The molecule has 0 amide bonds. The Bertz CT molecular complexity index is 389. The van der Waals surface area contributed by atoms with Gasteiger partial charge in [-0.3, -0.25) is 0 Å². The molecular weight excluding hydrogens is 282 g/mol. The second kappa shape index (κ2) is 6.85. The Hall–Kier alpha value is 0.01000. The van der Waals surface area contributed by atoms with Gasteiger partial charge in [-0.15, -0.1) is 11.3 Å². The van der Waals surface area contributed by atoms with Crippen molar-refractivity contribution in [2.45, 2.75) is 62.2 Å². The van der Waals surface area contributed by atoms with Crippen LogP contribution in [-0.2, 0) is 0 Å². The van der Waals surface area contributed by atoms with Gasteiger partial charge < -0.3 is 5.32 Å². The minimum absolute atomic E-state index is 0.522. The Labute approximate surface area is 131 Å². The van der Waals surface area contributed by atoms with Crippen LogP contribution in [0.5, 0.6) is 0 Å². The highest BCUT2D eigenvalue weighted by Crippen LogP contribution is 2.42. The number of hydrogen-bond acceptors (Lipinski definition) is 3. The summed E-state index contributed by atoms with van der Waals surface area (Å²) in [6, 6.07) is 5.16. The first-order valence-corrected chi connectivity index (χ1v) is 10.3. The molecule has 3 heteroatoms. The Morgan fingerprint density at radius 2 is 2.05 bits per heavy atom. The molecule has 3 rings (SSSR count). The molecule has 0 radical (unpaired) electrons. The summed E-state index contributed by atoms with van der Waals surface area (Å²) in [5.74, 6) is 0.869. The molecule has 0 aliphatic heterocycles. The number of hydrogen-bond donors (Lipinski definition) is 1. The lowest BCUT2D eigenvalue weighted by molar-refractivity contribution is 0.355. The summed E-state index contributed by atoms with van der Waals surface area (Å²) in [6.07, 6.45) is 13.7. The minimum Gasteiger partial charge on any atom is -0.308 e. The normalized spacial score (nSPS) is 24.2. The van der Waals surface area contributed by atoms with E-state index in [1.54, 1.807) is 4.88 Å². The zero-order valence-corrected chi connectivity index (χ0v) is 14.2. The summed E-state index contributed by atoms with van der Waals surface area (Å²) in [4.78, 5) is 1.56. The van der Waals surface area contributed by atoms with Gasteiger partial charge in [-0.25, -0.2) is 0 Å². The molecule has 1 aromatic heterocycles. The van der Waals surface area contributed by atoms with Gasteiger partial charge >= 0.3 is 0 Å². The lowest BCUT2D eigenvalue weighted by Crippen LogP contribution is -2.39. The molecule has 0 saturated heterocycles. The van der Waals surface area contributed by atoms with Gasteiger partial charge in [0.15, 0.2) is 0 Å². The van der Waals surface area contributed by atoms with Crippen molar-refractivity contribution in [2.75, 3.05) is 12.8 Å². The lowest BCUT2D eigenvalue weighted by Gasteiger charge is -2.32. The molecule has 1 heterocycles. The van der Waals surface area contributed by atoms with E-state index in [4.69, 9.17) is 0 Å². The molecule has 2 aliphatic carbocycles. The quantitative estimate of drug-likeness (QED) is 0.770. The second-order valence-electron chi connectivity index (χ2n) is 6.51. The van der Waals surface area contributed by atoms with E-state index in [2.05, 4.69) is 40.8 Å². The van der Waals surface area contributed by atoms with Crippen LogP contribution < -0.4 is 5.32 Å². The first-order chi connectivity index (χ1) is 9.83. The molecule has 0 aromatic carbocycles. The largest absolute Gasteiger partial charge is 0.308 e. The third-order valence-electron chi connectivity index (χ3n) is 5.31. The SMILES string of the molecule is CSC1(CNC(c2cccs2)C2CCCC2)CCCC1. The average Bonchev–Trinajstić information content (AvgIpc) is 3.23. The Morgan fingerprint density at radius 3 is 2.65 bits per heavy atom. The monoisotopic (exact) mass is 309 g/mol. The molecule has 2 aliphatic rings. The molecule has 20 heavy (non-hydrogen) atoms. The van der Waals surface area contributed by atoms with Crippen LogP contribution in [-0.4, -0.2) is 17.5 Å². The van der Waals surface area contributed by atoms with Crippen molar-refractivity contribution in [1.82, 2.24) is 5.32 Å². The number of rotatable bonds is 6. The van der Waals surface area contributed by atoms with E-state index in [0.29, 0.717) is 10.8 Å². The van der Waals surface area contributed by atoms with Gasteiger partial charge in [-0.1, -0.05) is 31.7 Å². The van der Waals surface area contributed by atoms with Gasteiger partial charge in [0.1, 0.15) is 0 Å². The molecule has 1 unspecified atom stereocenters. The average molecular weight is 310 g/mol. The van der Waals surface area contributed by atoms with Gasteiger partial charge in [-0.2, -0.15) is 11.8 Å². The molecule has 2 saturated carbocycles. The van der Waals surface area contributed by atoms with Gasteiger partial charge in [0, 0.05) is 22.2 Å². The van der Waals surface area contributed by atoms with Gasteiger partial charge in [-0.05, 0) is 49.3 Å². The van der Waals surface area contributed by atoms with E-state index in [9.17, 15) is 0 Å². The maximum atomic E-state index is 3.99. The third kappa shape index (κ3) is 3.26. The van der Waals surface area contributed by atoms with Crippen LogP contribution in [0.2, 0.25) is 0 Å². The highest BCUT2D eigenvalue weighted by atomic mass is 32.2. The maximum Gasteiger partial charge on any atom is 0.0443 e. The predicted octanol–water partition coefficient (Wildman–Crippen LogP) is 5.24. The van der Waals surface area contributed by atoms with Crippen molar-refractivity contribution in [1.29, 1.82) is 0 Å². The fourth-order valence-electron chi connectivity index (χ4n) is 4.03. The van der Waals surface area contributed by atoms with Crippen LogP contribution in [0.15, 0.2) is 17.5 Å². The summed E-state index contributed by atoms with van der Waals surface area (Å²) < 4.78 is 0.522. The van der Waals surface area contributed by atoms with Crippen LogP contribution in [0, 0.1) is 5.92 Å². The van der Waals surface area contributed by atoms with Crippen LogP contribution in [0.1, 0.15) is 62.3 Å². The summed E-state index contributed by atoms with van der Waals surface area (Å²) in [6.45, 7) is 1.20. The standard InChI is InChI=1S/C17H27NS2/c1-19-17(10-4-5-11-17)13-18-16(14-7-2-3-8-14)15-9-6-12-20-15/h6,9,12,14,16,18H,2-5,7-8,10-11,13H2,1H3. The molecule has 112 valence electrons. The third-order valence-corrected chi connectivity index (χ3v) is 7.69. The number of thiophene rings is 1. The Kier molecular flexibility index (Phi) is 5.11. The number of thioether (sulfide) groups is 1. The molecule has 1 N–H and O–H groups in total. The molecule has 1 nitrogen and oxygen atoms in total. The van der Waals surface area contributed by atoms with Gasteiger partial charge in [0.2, 0.25) is 0 Å². The van der Waals surface area contributed by atoms with E-state index in [1.165, 1.54) is 57.9 Å². The van der Waals surface area contributed by atoms with Gasteiger partial charge in [0.25, 0.3) is 0 Å². The molecular formula is C17H27NS2. The fourth-order valence-corrected chi connectivity index (χ4v) is 5.85. The molecule has 0 bridgehead atoms. The topological polar surface area (TPSA) is 12.0 Å². The first kappa shape index (κ1) is 14.9. The highest BCUT2D eigenvalue weighted by molar-refractivity contribution is 8.00. The Balaban J connectivity index is 1.67. The molecule has 2 fully saturated rings. The smallest absolute Gasteiger partial charge is 0.0443 e. The minimum atomic E-state index is 0.522. The summed E-state index contributed by atoms with van der Waals surface area (Å²) in [5, 5.41) is 6.22. The summed E-state index contributed by atoms with van der Waals surface area (Å²) in [5.41, 5.74) is 0. The highest BCUT2D eigenvalue weighted by Gasteiger charge is 2.35. The summed E-state index contributed by atoms with van der Waals surface area (Å²) >= 11 is 4.04. The zero-order valence-electron chi connectivity index (χ0n) is 12.6.